The lowest BCUT2D eigenvalue weighted by Crippen LogP contribution is -2.40. The Morgan fingerprint density at radius 1 is 0.968 bits per heavy atom. The van der Waals surface area contributed by atoms with Crippen LogP contribution in [0.25, 0.3) is 5.65 Å². The van der Waals surface area contributed by atoms with Gasteiger partial charge in [-0.3, -0.25) is 9.20 Å². The SMILES string of the molecule is O=C(c1ccccc1C(F)(F)F)N1CCCC(c2nnc3ccc(C(F)(F)F)cn23)C1. The number of pyridine rings is 1. The lowest BCUT2D eigenvalue weighted by molar-refractivity contribution is -0.138. The van der Waals surface area contributed by atoms with Crippen molar-refractivity contribution in [1.29, 1.82) is 0 Å². The van der Waals surface area contributed by atoms with E-state index in [-0.39, 0.29) is 24.6 Å². The van der Waals surface area contributed by atoms with Gasteiger partial charge in [0.15, 0.2) is 5.65 Å². The predicted octanol–water partition coefficient (Wildman–Crippen LogP) is 4.79. The van der Waals surface area contributed by atoms with E-state index in [1.54, 1.807) is 0 Å². The molecule has 0 N–H and O–H groups in total. The highest BCUT2D eigenvalue weighted by Crippen LogP contribution is 2.34. The topological polar surface area (TPSA) is 50.5 Å². The molecule has 2 aromatic heterocycles. The van der Waals surface area contributed by atoms with Crippen molar-refractivity contribution in [3.63, 3.8) is 0 Å². The summed E-state index contributed by atoms with van der Waals surface area (Å²) in [5.74, 6) is -1.00. The van der Waals surface area contributed by atoms with Crippen molar-refractivity contribution >= 4 is 11.6 Å². The van der Waals surface area contributed by atoms with Gasteiger partial charge in [-0.2, -0.15) is 26.3 Å². The van der Waals surface area contributed by atoms with Crippen molar-refractivity contribution < 1.29 is 31.1 Å². The number of likely N-dealkylation sites (tertiary alicyclic amines) is 1. The van der Waals surface area contributed by atoms with E-state index in [4.69, 9.17) is 0 Å². The highest BCUT2D eigenvalue weighted by atomic mass is 19.4. The number of rotatable bonds is 2. The molecule has 0 radical (unpaired) electrons. The van der Waals surface area contributed by atoms with Gasteiger partial charge in [-0.25, -0.2) is 0 Å². The number of hydrogen-bond donors (Lipinski definition) is 0. The van der Waals surface area contributed by atoms with E-state index >= 15 is 0 Å². The van der Waals surface area contributed by atoms with Crippen molar-refractivity contribution in [2.75, 3.05) is 13.1 Å². The van der Waals surface area contributed by atoms with Crippen LogP contribution in [0.3, 0.4) is 0 Å². The fourth-order valence-corrected chi connectivity index (χ4v) is 3.81. The second-order valence-electron chi connectivity index (χ2n) is 7.34. The van der Waals surface area contributed by atoms with Gasteiger partial charge in [-0.05, 0) is 37.1 Å². The van der Waals surface area contributed by atoms with E-state index in [0.29, 0.717) is 12.8 Å². The average molecular weight is 442 g/mol. The zero-order chi connectivity index (χ0) is 22.4. The standard InChI is InChI=1S/C20H16F6N4O/c21-19(22,23)13-7-8-16-27-28-17(30(16)11-13)12-4-3-9-29(10-12)18(31)14-5-1-2-6-15(14)20(24,25)26/h1-2,5-8,11-12H,3-4,9-10H2. The molecule has 0 spiro atoms. The molecular formula is C20H16F6N4O. The predicted molar refractivity (Wildman–Crippen MR) is 97.3 cm³/mol. The molecule has 1 unspecified atom stereocenters. The van der Waals surface area contributed by atoms with Crippen LogP contribution >= 0.6 is 0 Å². The molecule has 1 aliphatic heterocycles. The molecule has 0 aliphatic carbocycles. The number of carbonyl (C=O) groups excluding carboxylic acids is 1. The Hall–Kier alpha value is -3.11. The van der Waals surface area contributed by atoms with Gasteiger partial charge >= 0.3 is 12.4 Å². The van der Waals surface area contributed by atoms with E-state index in [1.165, 1.54) is 27.5 Å². The first kappa shape index (κ1) is 21.1. The molecule has 11 heteroatoms. The maximum absolute atomic E-state index is 13.3. The third kappa shape index (κ3) is 4.08. The summed E-state index contributed by atoms with van der Waals surface area (Å²) in [4.78, 5) is 14.2. The number of amides is 1. The molecule has 3 aromatic rings. The van der Waals surface area contributed by atoms with Crippen molar-refractivity contribution in [2.24, 2.45) is 0 Å². The maximum atomic E-state index is 13.3. The second-order valence-corrected chi connectivity index (χ2v) is 7.34. The number of halogens is 6. The Balaban J connectivity index is 1.64. The molecule has 164 valence electrons. The van der Waals surface area contributed by atoms with Crippen molar-refractivity contribution in [1.82, 2.24) is 19.5 Å². The lowest BCUT2D eigenvalue weighted by atomic mass is 9.95. The summed E-state index contributed by atoms with van der Waals surface area (Å²) in [5, 5.41) is 7.88. The van der Waals surface area contributed by atoms with Gasteiger partial charge in [0.1, 0.15) is 5.82 Å². The number of nitrogens with zero attached hydrogens (tertiary/aromatic N) is 4. The molecule has 1 amide bonds. The van der Waals surface area contributed by atoms with Crippen molar-refractivity contribution in [3.8, 4) is 0 Å². The van der Waals surface area contributed by atoms with Gasteiger partial charge in [0, 0.05) is 25.2 Å². The number of piperidine rings is 1. The third-order valence-electron chi connectivity index (χ3n) is 5.29. The van der Waals surface area contributed by atoms with Gasteiger partial charge in [0.25, 0.3) is 5.91 Å². The first-order chi connectivity index (χ1) is 14.6. The number of hydrogen-bond acceptors (Lipinski definition) is 3. The molecule has 1 aliphatic rings. The zero-order valence-corrected chi connectivity index (χ0v) is 15.9. The molecule has 1 fully saturated rings. The molecule has 4 rings (SSSR count). The normalized spacial score (nSPS) is 17.9. The summed E-state index contributed by atoms with van der Waals surface area (Å²) in [7, 11) is 0. The van der Waals surface area contributed by atoms with Gasteiger partial charge < -0.3 is 4.90 Å². The molecule has 0 saturated carbocycles. The lowest BCUT2D eigenvalue weighted by Gasteiger charge is -2.32. The largest absolute Gasteiger partial charge is 0.417 e. The van der Waals surface area contributed by atoms with Gasteiger partial charge in [0.05, 0.1) is 16.7 Å². The van der Waals surface area contributed by atoms with Crippen LogP contribution in [-0.2, 0) is 12.4 Å². The van der Waals surface area contributed by atoms with Crippen LogP contribution in [0.5, 0.6) is 0 Å². The molecule has 5 nitrogen and oxygen atoms in total. The zero-order valence-electron chi connectivity index (χ0n) is 15.9. The minimum atomic E-state index is -4.68. The molecule has 3 heterocycles. The van der Waals surface area contributed by atoms with Gasteiger partial charge in [-0.1, -0.05) is 12.1 Å². The number of carbonyl (C=O) groups is 1. The number of fused-ring (bicyclic) bond motifs is 1. The average Bonchev–Trinajstić information content (AvgIpc) is 3.15. The summed E-state index contributed by atoms with van der Waals surface area (Å²) >= 11 is 0. The fourth-order valence-electron chi connectivity index (χ4n) is 3.81. The summed E-state index contributed by atoms with van der Waals surface area (Å²) < 4.78 is 80.4. The molecule has 31 heavy (non-hydrogen) atoms. The smallest absolute Gasteiger partial charge is 0.338 e. The molecular weight excluding hydrogens is 426 g/mol. The molecule has 1 atom stereocenters. The van der Waals surface area contributed by atoms with Crippen LogP contribution in [-0.4, -0.2) is 38.5 Å². The number of benzene rings is 1. The summed E-state index contributed by atoms with van der Waals surface area (Å²) in [6.07, 6.45) is -7.35. The van der Waals surface area contributed by atoms with Crippen molar-refractivity contribution in [3.05, 3.63) is 65.1 Å². The van der Waals surface area contributed by atoms with Crippen LogP contribution in [0.2, 0.25) is 0 Å². The first-order valence-electron chi connectivity index (χ1n) is 9.43. The minimum absolute atomic E-state index is 0.0298. The minimum Gasteiger partial charge on any atom is -0.338 e. The fraction of sp³-hybridized carbons (Fsp3) is 0.350. The van der Waals surface area contributed by atoms with Crippen molar-refractivity contribution in [2.45, 2.75) is 31.1 Å². The quantitative estimate of drug-likeness (QED) is 0.537. The Morgan fingerprint density at radius 2 is 1.71 bits per heavy atom. The van der Waals surface area contributed by atoms with E-state index in [1.807, 2.05) is 0 Å². The monoisotopic (exact) mass is 442 g/mol. The van der Waals surface area contributed by atoms with Gasteiger partial charge in [-0.15, -0.1) is 10.2 Å². The Kier molecular flexibility index (Phi) is 5.14. The Labute approximate surface area is 172 Å². The van der Waals surface area contributed by atoms with E-state index < -0.39 is 40.9 Å². The summed E-state index contributed by atoms with van der Waals surface area (Å²) in [6, 6.07) is 6.63. The third-order valence-corrected chi connectivity index (χ3v) is 5.29. The van der Waals surface area contributed by atoms with Gasteiger partial charge in [0.2, 0.25) is 0 Å². The Bertz CT molecular complexity index is 1120. The van der Waals surface area contributed by atoms with Crippen LogP contribution in [0.15, 0.2) is 42.6 Å². The Morgan fingerprint density at radius 3 is 2.42 bits per heavy atom. The first-order valence-corrected chi connectivity index (χ1v) is 9.43. The molecule has 1 aromatic carbocycles. The van der Waals surface area contributed by atoms with Crippen LogP contribution in [0.4, 0.5) is 26.3 Å². The van der Waals surface area contributed by atoms with E-state index in [9.17, 15) is 31.1 Å². The highest BCUT2D eigenvalue weighted by molar-refractivity contribution is 5.96. The van der Waals surface area contributed by atoms with Crippen LogP contribution in [0, 0.1) is 0 Å². The summed E-state index contributed by atoms with van der Waals surface area (Å²) in [5.41, 5.74) is -2.14. The van der Waals surface area contributed by atoms with Crippen LogP contribution < -0.4 is 0 Å². The van der Waals surface area contributed by atoms with Crippen LogP contribution in [0.1, 0.15) is 46.1 Å². The number of aromatic nitrogens is 3. The van der Waals surface area contributed by atoms with E-state index in [0.717, 1.165) is 24.4 Å². The molecule has 0 bridgehead atoms. The summed E-state index contributed by atoms with van der Waals surface area (Å²) in [6.45, 7) is 0.272. The number of alkyl halides is 6. The highest BCUT2D eigenvalue weighted by Gasteiger charge is 2.37. The second kappa shape index (κ2) is 7.54. The van der Waals surface area contributed by atoms with E-state index in [2.05, 4.69) is 10.2 Å². The maximum Gasteiger partial charge on any atom is 0.417 e. The molecule has 1 saturated heterocycles.